The van der Waals surface area contributed by atoms with Crippen molar-refractivity contribution in [2.45, 2.75) is 25.8 Å². The van der Waals surface area contributed by atoms with E-state index in [2.05, 4.69) is 14.8 Å². The van der Waals surface area contributed by atoms with Crippen LogP contribution in [0.1, 0.15) is 25.0 Å². The van der Waals surface area contributed by atoms with Crippen LogP contribution in [-0.4, -0.2) is 71.4 Å². The number of thiophene rings is 1. The fourth-order valence-corrected chi connectivity index (χ4v) is 4.32. The molecule has 0 N–H and O–H groups in total. The molecule has 2 aromatic rings. The number of hydrogen-bond donors (Lipinski definition) is 0. The Hall–Kier alpha value is -1.70. The summed E-state index contributed by atoms with van der Waals surface area (Å²) >= 11 is 1.64. The van der Waals surface area contributed by atoms with Crippen LogP contribution in [0.25, 0.3) is 10.8 Å². The molecule has 2 saturated heterocycles. The summed E-state index contributed by atoms with van der Waals surface area (Å²) in [7, 11) is 0. The highest BCUT2D eigenvalue weighted by molar-refractivity contribution is 7.13. The maximum atomic E-state index is 12.4. The van der Waals surface area contributed by atoms with Crippen molar-refractivity contribution in [2.24, 2.45) is 0 Å². The molecular formula is C19H26N4O2S. The Bertz CT molecular complexity index is 701. The van der Waals surface area contributed by atoms with Gasteiger partial charge in [-0.3, -0.25) is 14.6 Å². The molecule has 2 aliphatic heterocycles. The second-order valence-corrected chi connectivity index (χ2v) is 8.06. The highest BCUT2D eigenvalue weighted by Gasteiger charge is 2.23. The lowest BCUT2D eigenvalue weighted by Gasteiger charge is -2.35. The van der Waals surface area contributed by atoms with Crippen LogP contribution in [0, 0.1) is 0 Å². The van der Waals surface area contributed by atoms with Gasteiger partial charge in [-0.15, -0.1) is 11.3 Å². The summed E-state index contributed by atoms with van der Waals surface area (Å²) in [5.41, 5.74) is 0.978. The second kappa shape index (κ2) is 8.33. The standard InChI is InChI=1S/C19H26N4O2S/c24-18(23-6-2-1-3-7-23)14-22-10-8-21(9-11-22)13-16-15-25-19(20-16)17-5-4-12-26-17/h4-5,12,15H,1-3,6-11,13-14H2. The Morgan fingerprint density at radius 1 is 1.08 bits per heavy atom. The number of oxazole rings is 1. The van der Waals surface area contributed by atoms with E-state index in [1.54, 1.807) is 17.6 Å². The Balaban J connectivity index is 1.23. The smallest absolute Gasteiger partial charge is 0.236 e. The van der Waals surface area contributed by atoms with Crippen LogP contribution >= 0.6 is 11.3 Å². The summed E-state index contributed by atoms with van der Waals surface area (Å²) < 4.78 is 5.60. The molecule has 6 nitrogen and oxygen atoms in total. The molecule has 7 heteroatoms. The number of likely N-dealkylation sites (tertiary alicyclic amines) is 1. The first-order valence-corrected chi connectivity index (χ1v) is 10.4. The molecule has 26 heavy (non-hydrogen) atoms. The van der Waals surface area contributed by atoms with Gasteiger partial charge < -0.3 is 9.32 Å². The largest absolute Gasteiger partial charge is 0.444 e. The second-order valence-electron chi connectivity index (χ2n) is 7.12. The quantitative estimate of drug-likeness (QED) is 0.805. The van der Waals surface area contributed by atoms with E-state index in [9.17, 15) is 4.79 Å². The third-order valence-corrected chi connectivity index (χ3v) is 6.06. The summed E-state index contributed by atoms with van der Waals surface area (Å²) in [4.78, 5) is 24.8. The van der Waals surface area contributed by atoms with Gasteiger partial charge in [0.05, 0.1) is 17.1 Å². The van der Waals surface area contributed by atoms with Crippen LogP contribution in [0.5, 0.6) is 0 Å². The molecule has 0 unspecified atom stereocenters. The number of amides is 1. The van der Waals surface area contributed by atoms with Crippen LogP contribution in [0.2, 0.25) is 0 Å². The van der Waals surface area contributed by atoms with E-state index in [0.717, 1.165) is 69.2 Å². The van der Waals surface area contributed by atoms with Crippen molar-refractivity contribution in [1.29, 1.82) is 0 Å². The van der Waals surface area contributed by atoms with Gasteiger partial charge in [0.2, 0.25) is 11.8 Å². The van der Waals surface area contributed by atoms with Crippen molar-refractivity contribution < 1.29 is 9.21 Å². The highest BCUT2D eigenvalue weighted by atomic mass is 32.1. The monoisotopic (exact) mass is 374 g/mol. The molecule has 0 atom stereocenters. The average Bonchev–Trinajstić information content (AvgIpc) is 3.36. The van der Waals surface area contributed by atoms with E-state index >= 15 is 0 Å². The topological polar surface area (TPSA) is 52.8 Å². The van der Waals surface area contributed by atoms with Crippen LogP contribution in [-0.2, 0) is 11.3 Å². The zero-order valence-electron chi connectivity index (χ0n) is 15.1. The van der Waals surface area contributed by atoms with E-state index in [1.165, 1.54) is 6.42 Å². The van der Waals surface area contributed by atoms with Gasteiger partial charge >= 0.3 is 0 Å². The van der Waals surface area contributed by atoms with Crippen LogP contribution < -0.4 is 0 Å². The number of carbonyl (C=O) groups excluding carboxylic acids is 1. The lowest BCUT2D eigenvalue weighted by atomic mass is 10.1. The SMILES string of the molecule is O=C(CN1CCN(Cc2coc(-c3cccs3)n2)CC1)N1CCCCC1. The van der Waals surface area contributed by atoms with Crippen molar-refractivity contribution in [2.75, 3.05) is 45.8 Å². The van der Waals surface area contributed by atoms with E-state index in [-0.39, 0.29) is 0 Å². The normalized spacial score (nSPS) is 19.8. The van der Waals surface area contributed by atoms with Gasteiger partial charge in [0.1, 0.15) is 6.26 Å². The zero-order valence-corrected chi connectivity index (χ0v) is 15.9. The van der Waals surface area contributed by atoms with Crippen molar-refractivity contribution in [3.05, 3.63) is 29.5 Å². The maximum Gasteiger partial charge on any atom is 0.236 e. The average molecular weight is 375 g/mol. The minimum absolute atomic E-state index is 0.301. The third-order valence-electron chi connectivity index (χ3n) is 5.20. The van der Waals surface area contributed by atoms with Crippen molar-refractivity contribution >= 4 is 17.2 Å². The Morgan fingerprint density at radius 3 is 2.58 bits per heavy atom. The molecule has 4 heterocycles. The van der Waals surface area contributed by atoms with E-state index in [0.29, 0.717) is 18.3 Å². The number of nitrogens with zero attached hydrogens (tertiary/aromatic N) is 4. The molecule has 0 spiro atoms. The molecule has 0 aromatic carbocycles. The molecule has 140 valence electrons. The number of rotatable bonds is 5. The van der Waals surface area contributed by atoms with Gasteiger partial charge in [0.25, 0.3) is 0 Å². The van der Waals surface area contributed by atoms with Crippen molar-refractivity contribution in [1.82, 2.24) is 19.7 Å². The summed E-state index contributed by atoms with van der Waals surface area (Å²) in [5.74, 6) is 1.01. The third kappa shape index (κ3) is 4.34. The fourth-order valence-electron chi connectivity index (χ4n) is 3.66. The molecule has 0 saturated carbocycles. The first-order chi connectivity index (χ1) is 12.8. The predicted molar refractivity (Wildman–Crippen MR) is 102 cm³/mol. The minimum Gasteiger partial charge on any atom is -0.444 e. The fraction of sp³-hybridized carbons (Fsp3) is 0.579. The van der Waals surface area contributed by atoms with E-state index in [4.69, 9.17) is 4.42 Å². The molecule has 2 aromatic heterocycles. The summed E-state index contributed by atoms with van der Waals surface area (Å²) in [5, 5.41) is 2.03. The lowest BCUT2D eigenvalue weighted by molar-refractivity contribution is -0.133. The van der Waals surface area contributed by atoms with Gasteiger partial charge in [-0.05, 0) is 30.7 Å². The number of carbonyl (C=O) groups is 1. The van der Waals surface area contributed by atoms with Crippen molar-refractivity contribution in [3.8, 4) is 10.8 Å². The zero-order chi connectivity index (χ0) is 17.8. The molecule has 0 bridgehead atoms. The molecule has 0 aliphatic carbocycles. The lowest BCUT2D eigenvalue weighted by Crippen LogP contribution is -2.50. The Morgan fingerprint density at radius 2 is 1.85 bits per heavy atom. The predicted octanol–water partition coefficient (Wildman–Crippen LogP) is 2.53. The molecule has 0 radical (unpaired) electrons. The summed E-state index contributed by atoms with van der Waals surface area (Å²) in [6, 6.07) is 4.03. The van der Waals surface area contributed by atoms with Gasteiger partial charge in [-0.2, -0.15) is 0 Å². The van der Waals surface area contributed by atoms with Gasteiger partial charge in [-0.25, -0.2) is 4.98 Å². The number of aromatic nitrogens is 1. The van der Waals surface area contributed by atoms with Crippen LogP contribution in [0.4, 0.5) is 0 Å². The minimum atomic E-state index is 0.301. The van der Waals surface area contributed by atoms with E-state index in [1.807, 2.05) is 22.4 Å². The number of piperazine rings is 1. The number of hydrogen-bond acceptors (Lipinski definition) is 6. The Labute approximate surface area is 158 Å². The summed E-state index contributed by atoms with van der Waals surface area (Å²) in [6.45, 7) is 7.07. The van der Waals surface area contributed by atoms with Gasteiger partial charge in [0.15, 0.2) is 0 Å². The van der Waals surface area contributed by atoms with E-state index < -0.39 is 0 Å². The first kappa shape index (κ1) is 17.7. The van der Waals surface area contributed by atoms with Gasteiger partial charge in [0, 0.05) is 45.8 Å². The highest BCUT2D eigenvalue weighted by Crippen LogP contribution is 2.24. The molecule has 1 amide bonds. The maximum absolute atomic E-state index is 12.4. The Kier molecular flexibility index (Phi) is 5.67. The van der Waals surface area contributed by atoms with Crippen LogP contribution in [0.15, 0.2) is 28.2 Å². The molecule has 4 rings (SSSR count). The van der Waals surface area contributed by atoms with Gasteiger partial charge in [-0.1, -0.05) is 6.07 Å². The molecular weight excluding hydrogens is 348 g/mol. The molecule has 2 fully saturated rings. The van der Waals surface area contributed by atoms with Crippen molar-refractivity contribution in [3.63, 3.8) is 0 Å². The molecule has 2 aliphatic rings. The number of piperidine rings is 1. The summed E-state index contributed by atoms with van der Waals surface area (Å²) in [6.07, 6.45) is 5.34. The first-order valence-electron chi connectivity index (χ1n) is 9.49. The van der Waals surface area contributed by atoms with Crippen LogP contribution in [0.3, 0.4) is 0 Å².